The number of amides is 1. The molecule has 2 N–H and O–H groups in total. The van der Waals surface area contributed by atoms with Gasteiger partial charge in [-0.05, 0) is 25.3 Å². The van der Waals surface area contributed by atoms with E-state index in [1.807, 2.05) is 42.0 Å². The second-order valence-corrected chi connectivity index (χ2v) is 5.99. The predicted molar refractivity (Wildman–Crippen MR) is 88.2 cm³/mol. The summed E-state index contributed by atoms with van der Waals surface area (Å²) in [6, 6.07) is 7.96. The first-order chi connectivity index (χ1) is 10.1. The number of nitrogens with two attached hydrogens (primary N) is 1. The van der Waals surface area contributed by atoms with Crippen molar-refractivity contribution >= 4 is 28.7 Å². The quantitative estimate of drug-likeness (QED) is 0.882. The lowest BCUT2D eigenvalue weighted by Crippen LogP contribution is -2.41. The Balaban J connectivity index is 2.32. The van der Waals surface area contributed by atoms with Gasteiger partial charge in [-0.25, -0.2) is 4.98 Å². The van der Waals surface area contributed by atoms with Crippen molar-refractivity contribution < 1.29 is 4.79 Å². The van der Waals surface area contributed by atoms with Crippen molar-refractivity contribution in [1.82, 2.24) is 14.5 Å². The molecule has 6 heteroatoms. The standard InChI is InChI=1S/C15H22N4OS/c1-11(8-16)18(2)15(20)9-19-13-7-5-4-6-12(13)17-14(19)10-21-3/h4-7,11H,8-10,16H2,1-3H3. The number of benzene rings is 1. The molecule has 1 heterocycles. The van der Waals surface area contributed by atoms with Crippen LogP contribution in [0.5, 0.6) is 0 Å². The molecule has 0 bridgehead atoms. The molecule has 0 radical (unpaired) electrons. The first-order valence-electron chi connectivity index (χ1n) is 6.97. The number of imidazole rings is 1. The maximum Gasteiger partial charge on any atom is 0.242 e. The summed E-state index contributed by atoms with van der Waals surface area (Å²) in [5.41, 5.74) is 7.57. The van der Waals surface area contributed by atoms with Gasteiger partial charge in [0.05, 0.1) is 16.8 Å². The van der Waals surface area contributed by atoms with Crippen molar-refractivity contribution in [1.29, 1.82) is 0 Å². The molecular formula is C15H22N4OS. The zero-order chi connectivity index (χ0) is 15.4. The van der Waals surface area contributed by atoms with Crippen LogP contribution in [-0.4, -0.2) is 46.2 Å². The van der Waals surface area contributed by atoms with E-state index in [1.165, 1.54) is 0 Å². The van der Waals surface area contributed by atoms with E-state index in [0.717, 1.165) is 22.6 Å². The number of likely N-dealkylation sites (N-methyl/N-ethyl adjacent to an activating group) is 1. The summed E-state index contributed by atoms with van der Waals surface area (Å²) in [5.74, 6) is 1.78. The third-order valence-electron chi connectivity index (χ3n) is 3.70. The zero-order valence-corrected chi connectivity index (χ0v) is 13.6. The minimum Gasteiger partial charge on any atom is -0.340 e. The van der Waals surface area contributed by atoms with Gasteiger partial charge in [-0.2, -0.15) is 11.8 Å². The van der Waals surface area contributed by atoms with E-state index in [9.17, 15) is 4.79 Å². The van der Waals surface area contributed by atoms with Crippen molar-refractivity contribution in [2.75, 3.05) is 19.8 Å². The molecule has 114 valence electrons. The summed E-state index contributed by atoms with van der Waals surface area (Å²) in [6.07, 6.45) is 2.04. The van der Waals surface area contributed by atoms with Crippen molar-refractivity contribution in [2.45, 2.75) is 25.3 Å². The average molecular weight is 306 g/mol. The Labute approximate surface area is 129 Å². The SMILES string of the molecule is CSCc1nc2ccccc2n1CC(=O)N(C)C(C)CN. The fraction of sp³-hybridized carbons (Fsp3) is 0.467. The van der Waals surface area contributed by atoms with Crippen LogP contribution in [0.15, 0.2) is 24.3 Å². The summed E-state index contributed by atoms with van der Waals surface area (Å²) in [7, 11) is 1.80. The molecule has 2 rings (SSSR count). The second kappa shape index (κ2) is 6.95. The summed E-state index contributed by atoms with van der Waals surface area (Å²) >= 11 is 1.70. The van der Waals surface area contributed by atoms with Gasteiger partial charge in [0.25, 0.3) is 0 Å². The number of nitrogens with zero attached hydrogens (tertiary/aromatic N) is 3. The second-order valence-electron chi connectivity index (χ2n) is 5.13. The lowest BCUT2D eigenvalue weighted by atomic mass is 10.3. The van der Waals surface area contributed by atoms with Crippen LogP contribution >= 0.6 is 11.8 Å². The van der Waals surface area contributed by atoms with Crippen LogP contribution in [0.4, 0.5) is 0 Å². The van der Waals surface area contributed by atoms with E-state index >= 15 is 0 Å². The fourth-order valence-corrected chi connectivity index (χ4v) is 2.67. The van der Waals surface area contributed by atoms with Crippen molar-refractivity contribution in [3.63, 3.8) is 0 Å². The number of para-hydroxylation sites is 2. The van der Waals surface area contributed by atoms with Crippen molar-refractivity contribution in [3.8, 4) is 0 Å². The largest absolute Gasteiger partial charge is 0.340 e. The first kappa shape index (κ1) is 15.9. The van der Waals surface area contributed by atoms with E-state index in [-0.39, 0.29) is 11.9 Å². The van der Waals surface area contributed by atoms with Gasteiger partial charge in [0, 0.05) is 19.6 Å². The number of rotatable bonds is 6. The number of carbonyl (C=O) groups is 1. The third-order valence-corrected chi connectivity index (χ3v) is 4.24. The third kappa shape index (κ3) is 3.39. The molecule has 21 heavy (non-hydrogen) atoms. The van der Waals surface area contributed by atoms with Gasteiger partial charge in [0.1, 0.15) is 12.4 Å². The van der Waals surface area contributed by atoms with Crippen molar-refractivity contribution in [3.05, 3.63) is 30.1 Å². The summed E-state index contributed by atoms with van der Waals surface area (Å²) in [6.45, 7) is 2.72. The molecule has 0 aliphatic rings. The molecule has 1 amide bonds. The molecule has 0 aliphatic carbocycles. The topological polar surface area (TPSA) is 64.2 Å². The van der Waals surface area contributed by atoms with Gasteiger partial charge in [-0.3, -0.25) is 4.79 Å². The highest BCUT2D eigenvalue weighted by Gasteiger charge is 2.18. The molecule has 0 aliphatic heterocycles. The number of carbonyl (C=O) groups excluding carboxylic acids is 1. The molecular weight excluding hydrogens is 284 g/mol. The highest BCUT2D eigenvalue weighted by molar-refractivity contribution is 7.97. The van der Waals surface area contributed by atoms with Gasteiger partial charge >= 0.3 is 0 Å². The van der Waals surface area contributed by atoms with E-state index in [4.69, 9.17) is 5.73 Å². The molecule has 0 saturated heterocycles. The van der Waals surface area contributed by atoms with Crippen LogP contribution in [0, 0.1) is 0 Å². The highest BCUT2D eigenvalue weighted by atomic mass is 32.2. The number of thioether (sulfide) groups is 1. The molecule has 1 unspecified atom stereocenters. The number of hydrogen-bond donors (Lipinski definition) is 1. The van der Waals surface area contributed by atoms with Crippen LogP contribution in [0.2, 0.25) is 0 Å². The van der Waals surface area contributed by atoms with E-state index in [1.54, 1.807) is 23.7 Å². The fourth-order valence-electron chi connectivity index (χ4n) is 2.19. The van der Waals surface area contributed by atoms with Crippen LogP contribution in [0.1, 0.15) is 12.7 Å². The predicted octanol–water partition coefficient (Wildman–Crippen LogP) is 1.70. The van der Waals surface area contributed by atoms with Crippen LogP contribution in [-0.2, 0) is 17.1 Å². The molecule has 2 aromatic rings. The van der Waals surface area contributed by atoms with Gasteiger partial charge in [0.15, 0.2) is 0 Å². The minimum absolute atomic E-state index is 0.0382. The molecule has 0 spiro atoms. The van der Waals surface area contributed by atoms with Crippen LogP contribution < -0.4 is 5.73 Å². The Kier molecular flexibility index (Phi) is 5.25. The Bertz CT molecular complexity index is 625. The lowest BCUT2D eigenvalue weighted by molar-refractivity contribution is -0.132. The molecule has 1 aromatic carbocycles. The van der Waals surface area contributed by atoms with Crippen LogP contribution in [0.3, 0.4) is 0 Å². The zero-order valence-electron chi connectivity index (χ0n) is 12.7. The van der Waals surface area contributed by atoms with E-state index in [2.05, 4.69) is 4.98 Å². The maximum absolute atomic E-state index is 12.4. The molecule has 1 aromatic heterocycles. The monoisotopic (exact) mass is 306 g/mol. The highest BCUT2D eigenvalue weighted by Crippen LogP contribution is 2.19. The Morgan fingerprint density at radius 2 is 2.19 bits per heavy atom. The molecule has 0 saturated carbocycles. The summed E-state index contributed by atoms with van der Waals surface area (Å²) in [4.78, 5) is 18.8. The Morgan fingerprint density at radius 3 is 2.86 bits per heavy atom. The number of hydrogen-bond acceptors (Lipinski definition) is 4. The normalized spacial score (nSPS) is 12.6. The molecule has 1 atom stereocenters. The van der Waals surface area contributed by atoms with E-state index < -0.39 is 0 Å². The average Bonchev–Trinajstić information content (AvgIpc) is 2.84. The first-order valence-corrected chi connectivity index (χ1v) is 8.36. The molecule has 0 fully saturated rings. The smallest absolute Gasteiger partial charge is 0.242 e. The summed E-state index contributed by atoms with van der Waals surface area (Å²) < 4.78 is 2.01. The van der Waals surface area contributed by atoms with Gasteiger partial charge < -0.3 is 15.2 Å². The maximum atomic E-state index is 12.4. The van der Waals surface area contributed by atoms with Gasteiger partial charge in [-0.15, -0.1) is 0 Å². The van der Waals surface area contributed by atoms with Crippen LogP contribution in [0.25, 0.3) is 11.0 Å². The van der Waals surface area contributed by atoms with E-state index in [0.29, 0.717) is 13.1 Å². The number of aromatic nitrogens is 2. The van der Waals surface area contributed by atoms with Gasteiger partial charge in [-0.1, -0.05) is 12.1 Å². The van der Waals surface area contributed by atoms with Gasteiger partial charge in [0.2, 0.25) is 5.91 Å². The lowest BCUT2D eigenvalue weighted by Gasteiger charge is -2.24. The van der Waals surface area contributed by atoms with Crippen molar-refractivity contribution in [2.24, 2.45) is 5.73 Å². The minimum atomic E-state index is 0.0382. The molecule has 5 nitrogen and oxygen atoms in total. The summed E-state index contributed by atoms with van der Waals surface area (Å²) in [5, 5.41) is 0. The Morgan fingerprint density at radius 1 is 1.48 bits per heavy atom. The number of fused-ring (bicyclic) bond motifs is 1. The Hall–Kier alpha value is -1.53.